The van der Waals surface area contributed by atoms with Crippen molar-refractivity contribution in [1.29, 1.82) is 0 Å². The summed E-state index contributed by atoms with van der Waals surface area (Å²) >= 11 is 1.51. The molecular weight excluding hydrogens is 442 g/mol. The predicted molar refractivity (Wildman–Crippen MR) is 128 cm³/mol. The van der Waals surface area contributed by atoms with Crippen LogP contribution in [0.1, 0.15) is 22.3 Å². The number of hydrogen-bond donors (Lipinski definition) is 0. The van der Waals surface area contributed by atoms with Crippen molar-refractivity contribution in [2.24, 2.45) is 0 Å². The first-order chi connectivity index (χ1) is 15.2. The largest absolute Gasteiger partial charge is 0.283 e. The Morgan fingerprint density at radius 2 is 1.59 bits per heavy atom. The van der Waals surface area contributed by atoms with E-state index < -0.39 is 9.84 Å². The molecule has 0 N–H and O–H groups in total. The molecule has 0 aliphatic carbocycles. The topological polar surface area (TPSA) is 80.2 Å². The van der Waals surface area contributed by atoms with Crippen LogP contribution in [0.4, 0.5) is 5.13 Å². The number of pyridine rings is 1. The van der Waals surface area contributed by atoms with Crippen molar-refractivity contribution in [3.63, 3.8) is 0 Å². The van der Waals surface area contributed by atoms with E-state index >= 15 is 0 Å². The molecule has 2 heterocycles. The SMILES string of the molecule is Cc1ccc(C)c2sc(N(Cc3ccncc3)C(=O)Cc3ccc(S(C)(=O)=O)cc3)nc12. The lowest BCUT2D eigenvalue weighted by Crippen LogP contribution is -2.31. The van der Waals surface area contributed by atoms with Gasteiger partial charge in [0.1, 0.15) is 0 Å². The predicted octanol–water partition coefficient (Wildman–Crippen LogP) is 4.49. The Morgan fingerprint density at radius 1 is 0.938 bits per heavy atom. The first kappa shape index (κ1) is 22.1. The normalized spacial score (nSPS) is 11.6. The maximum atomic E-state index is 13.4. The molecule has 0 radical (unpaired) electrons. The third-order valence-electron chi connectivity index (χ3n) is 5.26. The highest BCUT2D eigenvalue weighted by Gasteiger charge is 2.22. The molecule has 0 fully saturated rings. The fourth-order valence-electron chi connectivity index (χ4n) is 3.42. The van der Waals surface area contributed by atoms with Gasteiger partial charge in [-0.3, -0.25) is 14.7 Å². The molecule has 4 aromatic rings. The summed E-state index contributed by atoms with van der Waals surface area (Å²) in [6.07, 6.45) is 4.72. The second-order valence-electron chi connectivity index (χ2n) is 7.80. The van der Waals surface area contributed by atoms with Crippen LogP contribution < -0.4 is 4.90 Å². The van der Waals surface area contributed by atoms with E-state index in [0.29, 0.717) is 11.7 Å². The van der Waals surface area contributed by atoms with E-state index in [0.717, 1.165) is 32.5 Å². The summed E-state index contributed by atoms with van der Waals surface area (Å²) in [4.78, 5) is 24.2. The van der Waals surface area contributed by atoms with E-state index in [-0.39, 0.29) is 17.2 Å². The first-order valence-corrected chi connectivity index (χ1v) is 12.8. The van der Waals surface area contributed by atoms with Gasteiger partial charge in [-0.15, -0.1) is 0 Å². The number of carbonyl (C=O) groups is 1. The van der Waals surface area contributed by atoms with Gasteiger partial charge in [-0.2, -0.15) is 0 Å². The van der Waals surface area contributed by atoms with Gasteiger partial charge in [-0.25, -0.2) is 13.4 Å². The molecule has 6 nitrogen and oxygen atoms in total. The first-order valence-electron chi connectivity index (χ1n) is 10.1. The van der Waals surface area contributed by atoms with Gasteiger partial charge in [0.2, 0.25) is 5.91 Å². The smallest absolute Gasteiger partial charge is 0.233 e. The average Bonchev–Trinajstić information content (AvgIpc) is 3.21. The Balaban J connectivity index is 1.69. The summed E-state index contributed by atoms with van der Waals surface area (Å²) in [6.45, 7) is 4.44. The van der Waals surface area contributed by atoms with Crippen LogP contribution in [-0.2, 0) is 27.6 Å². The van der Waals surface area contributed by atoms with Crippen LogP contribution in [0.2, 0.25) is 0 Å². The minimum Gasteiger partial charge on any atom is -0.283 e. The Labute approximate surface area is 191 Å². The molecule has 1 amide bonds. The summed E-state index contributed by atoms with van der Waals surface area (Å²) in [6, 6.07) is 14.3. The fourth-order valence-corrected chi connectivity index (χ4v) is 5.18. The van der Waals surface area contributed by atoms with Gasteiger partial charge in [-0.05, 0) is 60.4 Å². The monoisotopic (exact) mass is 465 g/mol. The van der Waals surface area contributed by atoms with Crippen molar-refractivity contribution in [3.8, 4) is 0 Å². The van der Waals surface area contributed by atoms with Gasteiger partial charge in [0.05, 0.1) is 28.1 Å². The van der Waals surface area contributed by atoms with Gasteiger partial charge in [0, 0.05) is 18.6 Å². The van der Waals surface area contributed by atoms with E-state index in [1.807, 2.05) is 32.0 Å². The third kappa shape index (κ3) is 4.71. The average molecular weight is 466 g/mol. The van der Waals surface area contributed by atoms with Crippen molar-refractivity contribution in [2.75, 3.05) is 11.2 Å². The summed E-state index contributed by atoms with van der Waals surface area (Å²) < 4.78 is 24.5. The van der Waals surface area contributed by atoms with E-state index in [1.54, 1.807) is 29.4 Å². The van der Waals surface area contributed by atoms with Crippen molar-refractivity contribution < 1.29 is 13.2 Å². The van der Waals surface area contributed by atoms with Gasteiger partial charge in [0.15, 0.2) is 15.0 Å². The summed E-state index contributed by atoms with van der Waals surface area (Å²) in [7, 11) is -3.28. The number of anilines is 1. The number of nitrogens with zero attached hydrogens (tertiary/aromatic N) is 3. The third-order valence-corrected chi connectivity index (χ3v) is 7.60. The quantitative estimate of drug-likeness (QED) is 0.419. The number of rotatable bonds is 6. The molecule has 0 saturated heterocycles. The van der Waals surface area contributed by atoms with Gasteiger partial charge >= 0.3 is 0 Å². The number of aryl methyl sites for hydroxylation is 2. The van der Waals surface area contributed by atoms with Crippen LogP contribution in [0.25, 0.3) is 10.2 Å². The number of sulfone groups is 1. The summed E-state index contributed by atoms with van der Waals surface area (Å²) in [5, 5.41) is 0.645. The molecule has 0 bridgehead atoms. The van der Waals surface area contributed by atoms with Crippen LogP contribution in [-0.4, -0.2) is 30.5 Å². The minimum atomic E-state index is -3.28. The number of carbonyl (C=O) groups excluding carboxylic acids is 1. The van der Waals surface area contributed by atoms with Gasteiger partial charge < -0.3 is 0 Å². The lowest BCUT2D eigenvalue weighted by Gasteiger charge is -2.20. The standard InChI is InChI=1S/C24H23N3O3S2/c1-16-4-5-17(2)23-22(16)26-24(31-23)27(15-19-10-12-25-13-11-19)21(28)14-18-6-8-20(9-7-18)32(3,29)30/h4-13H,14-15H2,1-3H3. The zero-order valence-corrected chi connectivity index (χ0v) is 19.7. The molecule has 164 valence electrons. The van der Waals surface area contributed by atoms with E-state index in [9.17, 15) is 13.2 Å². The molecule has 8 heteroatoms. The van der Waals surface area contributed by atoms with Crippen molar-refractivity contribution in [1.82, 2.24) is 9.97 Å². The lowest BCUT2D eigenvalue weighted by molar-refractivity contribution is -0.118. The van der Waals surface area contributed by atoms with Gasteiger partial charge in [0.25, 0.3) is 0 Å². The Hall–Kier alpha value is -3.10. The molecule has 0 aliphatic heterocycles. The Bertz CT molecular complexity index is 1340. The second-order valence-corrected chi connectivity index (χ2v) is 10.8. The Morgan fingerprint density at radius 3 is 2.22 bits per heavy atom. The van der Waals surface area contributed by atoms with E-state index in [4.69, 9.17) is 4.98 Å². The highest BCUT2D eigenvalue weighted by Crippen LogP contribution is 2.34. The molecule has 0 spiro atoms. The second kappa shape index (κ2) is 8.80. The lowest BCUT2D eigenvalue weighted by atomic mass is 10.1. The van der Waals surface area contributed by atoms with Crippen LogP contribution in [0.15, 0.2) is 65.8 Å². The number of thiazole rings is 1. The number of aromatic nitrogens is 2. The number of benzene rings is 2. The van der Waals surface area contributed by atoms with Crippen LogP contribution in [0, 0.1) is 13.8 Å². The van der Waals surface area contributed by atoms with Gasteiger partial charge in [-0.1, -0.05) is 35.6 Å². The minimum absolute atomic E-state index is 0.108. The molecular formula is C24H23N3O3S2. The zero-order valence-electron chi connectivity index (χ0n) is 18.1. The highest BCUT2D eigenvalue weighted by atomic mass is 32.2. The number of hydrogen-bond acceptors (Lipinski definition) is 6. The molecule has 32 heavy (non-hydrogen) atoms. The van der Waals surface area contributed by atoms with Crippen LogP contribution in [0.3, 0.4) is 0 Å². The van der Waals surface area contributed by atoms with E-state index in [2.05, 4.69) is 11.1 Å². The molecule has 4 rings (SSSR count). The van der Waals surface area contributed by atoms with Crippen molar-refractivity contribution in [3.05, 3.63) is 83.2 Å². The molecule has 2 aromatic heterocycles. The molecule has 2 aromatic carbocycles. The van der Waals surface area contributed by atoms with E-state index in [1.165, 1.54) is 29.7 Å². The Kier molecular flexibility index (Phi) is 6.08. The number of fused-ring (bicyclic) bond motifs is 1. The number of amides is 1. The van der Waals surface area contributed by atoms with Crippen molar-refractivity contribution >= 4 is 42.4 Å². The molecule has 0 atom stereocenters. The zero-order chi connectivity index (χ0) is 22.9. The summed E-state index contributed by atoms with van der Waals surface area (Å²) in [5.41, 5.74) is 4.81. The highest BCUT2D eigenvalue weighted by molar-refractivity contribution is 7.90. The maximum Gasteiger partial charge on any atom is 0.233 e. The molecule has 0 saturated carbocycles. The van der Waals surface area contributed by atoms with Crippen LogP contribution >= 0.6 is 11.3 Å². The van der Waals surface area contributed by atoms with Crippen molar-refractivity contribution in [2.45, 2.75) is 31.7 Å². The fraction of sp³-hybridized carbons (Fsp3) is 0.208. The molecule has 0 unspecified atom stereocenters. The maximum absolute atomic E-state index is 13.4. The summed E-state index contributed by atoms with van der Waals surface area (Å²) in [5.74, 6) is -0.108. The van der Waals surface area contributed by atoms with Crippen LogP contribution in [0.5, 0.6) is 0 Å². The molecule has 0 aliphatic rings.